The van der Waals surface area contributed by atoms with Gasteiger partial charge in [0.05, 0.1) is 0 Å². The SMILES string of the molecule is c1ccc(-c2ccc(-c3nc(-c4ccc5cnccc5c4)nc(-c4cccc5sc6ccccc6c45)n3)cc2)cc1. The van der Waals surface area contributed by atoms with Crippen molar-refractivity contribution in [2.24, 2.45) is 0 Å². The average molecular weight is 543 g/mol. The molecule has 41 heavy (non-hydrogen) atoms. The molecular formula is C36H22N4S. The quantitative estimate of drug-likeness (QED) is 0.222. The Balaban J connectivity index is 1.34. The molecule has 0 fully saturated rings. The monoisotopic (exact) mass is 542 g/mol. The van der Waals surface area contributed by atoms with E-state index in [1.165, 1.54) is 25.7 Å². The van der Waals surface area contributed by atoms with Crippen LogP contribution in [-0.4, -0.2) is 19.9 Å². The number of pyridine rings is 1. The molecule has 0 radical (unpaired) electrons. The number of hydrogen-bond acceptors (Lipinski definition) is 5. The first-order valence-corrected chi connectivity index (χ1v) is 14.3. The molecule has 0 saturated carbocycles. The maximum atomic E-state index is 5.07. The normalized spacial score (nSPS) is 11.4. The minimum Gasteiger partial charge on any atom is -0.264 e. The molecule has 192 valence electrons. The van der Waals surface area contributed by atoms with Crippen molar-refractivity contribution in [1.82, 2.24) is 19.9 Å². The lowest BCUT2D eigenvalue weighted by molar-refractivity contribution is 1.08. The van der Waals surface area contributed by atoms with Crippen molar-refractivity contribution in [1.29, 1.82) is 0 Å². The van der Waals surface area contributed by atoms with Gasteiger partial charge in [-0.2, -0.15) is 0 Å². The van der Waals surface area contributed by atoms with Gasteiger partial charge in [0.1, 0.15) is 0 Å². The first-order chi connectivity index (χ1) is 20.3. The predicted octanol–water partition coefficient (Wildman–Crippen LogP) is 9.46. The van der Waals surface area contributed by atoms with E-state index in [-0.39, 0.29) is 0 Å². The minimum atomic E-state index is 0.646. The number of nitrogens with zero attached hydrogens (tertiary/aromatic N) is 4. The largest absolute Gasteiger partial charge is 0.264 e. The minimum absolute atomic E-state index is 0.646. The second-order valence-corrected chi connectivity index (χ2v) is 11.0. The molecule has 0 amide bonds. The standard InChI is InChI=1S/C36H22N4S/c1-2-7-23(8-3-1)24-13-15-25(16-14-24)34-38-35(27-17-18-28-22-37-20-19-26(28)21-27)40-36(39-34)30-10-6-12-32-33(30)29-9-4-5-11-31(29)41-32/h1-22H. The van der Waals surface area contributed by atoms with Gasteiger partial charge >= 0.3 is 0 Å². The molecule has 0 spiro atoms. The molecule has 8 rings (SSSR count). The number of benzene rings is 5. The zero-order valence-electron chi connectivity index (χ0n) is 21.9. The van der Waals surface area contributed by atoms with E-state index in [4.69, 9.17) is 15.0 Å². The molecule has 0 saturated heterocycles. The highest BCUT2D eigenvalue weighted by Gasteiger charge is 2.17. The van der Waals surface area contributed by atoms with Crippen molar-refractivity contribution in [3.8, 4) is 45.3 Å². The Morgan fingerprint density at radius 1 is 0.463 bits per heavy atom. The molecule has 0 aliphatic carbocycles. The molecule has 0 aliphatic heterocycles. The van der Waals surface area contributed by atoms with Crippen LogP contribution in [0.4, 0.5) is 0 Å². The summed E-state index contributed by atoms with van der Waals surface area (Å²) in [6, 6.07) is 42.0. The fourth-order valence-electron chi connectivity index (χ4n) is 5.38. The summed E-state index contributed by atoms with van der Waals surface area (Å²) in [4.78, 5) is 19.4. The van der Waals surface area contributed by atoms with E-state index in [2.05, 4.69) is 114 Å². The lowest BCUT2D eigenvalue weighted by Gasteiger charge is -2.10. The van der Waals surface area contributed by atoms with Gasteiger partial charge in [-0.15, -0.1) is 11.3 Å². The topological polar surface area (TPSA) is 51.6 Å². The number of hydrogen-bond donors (Lipinski definition) is 0. The van der Waals surface area contributed by atoms with E-state index in [1.807, 2.05) is 24.5 Å². The van der Waals surface area contributed by atoms with Crippen LogP contribution in [0, 0.1) is 0 Å². The molecule has 5 heteroatoms. The number of thiophene rings is 1. The molecular weight excluding hydrogens is 520 g/mol. The van der Waals surface area contributed by atoms with Gasteiger partial charge in [0.2, 0.25) is 0 Å². The molecule has 0 atom stereocenters. The van der Waals surface area contributed by atoms with Gasteiger partial charge in [-0.3, -0.25) is 4.98 Å². The average Bonchev–Trinajstić information content (AvgIpc) is 3.44. The van der Waals surface area contributed by atoms with Crippen molar-refractivity contribution in [3.05, 3.63) is 134 Å². The summed E-state index contributed by atoms with van der Waals surface area (Å²) in [5.41, 5.74) is 5.23. The third-order valence-corrected chi connectivity index (χ3v) is 8.56. The molecule has 5 aromatic carbocycles. The van der Waals surface area contributed by atoms with E-state index < -0.39 is 0 Å². The smallest absolute Gasteiger partial charge is 0.164 e. The highest BCUT2D eigenvalue weighted by molar-refractivity contribution is 7.25. The third kappa shape index (κ3) is 4.24. The highest BCUT2D eigenvalue weighted by atomic mass is 32.1. The lowest BCUT2D eigenvalue weighted by atomic mass is 10.0. The van der Waals surface area contributed by atoms with Crippen LogP contribution < -0.4 is 0 Å². The van der Waals surface area contributed by atoms with Gasteiger partial charge in [0.15, 0.2) is 17.5 Å². The fraction of sp³-hybridized carbons (Fsp3) is 0. The third-order valence-electron chi connectivity index (χ3n) is 7.43. The van der Waals surface area contributed by atoms with Gasteiger partial charge in [-0.1, -0.05) is 97.1 Å². The molecule has 3 aromatic heterocycles. The second-order valence-electron chi connectivity index (χ2n) is 9.96. The van der Waals surface area contributed by atoms with Crippen LogP contribution in [0.5, 0.6) is 0 Å². The zero-order valence-corrected chi connectivity index (χ0v) is 22.7. The van der Waals surface area contributed by atoms with Crippen molar-refractivity contribution < 1.29 is 0 Å². The van der Waals surface area contributed by atoms with Crippen LogP contribution in [0.3, 0.4) is 0 Å². The fourth-order valence-corrected chi connectivity index (χ4v) is 6.51. The number of aromatic nitrogens is 4. The van der Waals surface area contributed by atoms with Gasteiger partial charge in [0, 0.05) is 54.6 Å². The van der Waals surface area contributed by atoms with E-state index in [9.17, 15) is 0 Å². The molecule has 4 nitrogen and oxygen atoms in total. The predicted molar refractivity (Wildman–Crippen MR) is 170 cm³/mol. The summed E-state index contributed by atoms with van der Waals surface area (Å²) in [7, 11) is 0. The van der Waals surface area contributed by atoms with E-state index in [1.54, 1.807) is 11.3 Å². The Labute approximate surface area is 240 Å². The van der Waals surface area contributed by atoms with E-state index >= 15 is 0 Å². The zero-order chi connectivity index (χ0) is 27.2. The molecule has 0 N–H and O–H groups in total. The summed E-state index contributed by atoms with van der Waals surface area (Å²) >= 11 is 1.80. The lowest BCUT2D eigenvalue weighted by Crippen LogP contribution is -2.00. The first kappa shape index (κ1) is 23.6. The van der Waals surface area contributed by atoms with Crippen LogP contribution in [0.1, 0.15) is 0 Å². The summed E-state index contributed by atoms with van der Waals surface area (Å²) in [5, 5.41) is 4.58. The van der Waals surface area contributed by atoms with Crippen molar-refractivity contribution in [3.63, 3.8) is 0 Å². The van der Waals surface area contributed by atoms with Gasteiger partial charge < -0.3 is 0 Å². The van der Waals surface area contributed by atoms with Crippen molar-refractivity contribution in [2.75, 3.05) is 0 Å². The summed E-state index contributed by atoms with van der Waals surface area (Å²) < 4.78 is 2.47. The highest BCUT2D eigenvalue weighted by Crippen LogP contribution is 2.39. The van der Waals surface area contributed by atoms with Gasteiger partial charge in [0.25, 0.3) is 0 Å². The molecule has 0 aliphatic rings. The Hall–Kier alpha value is -5.26. The van der Waals surface area contributed by atoms with E-state index in [0.717, 1.165) is 33.0 Å². The Bertz CT molecular complexity index is 2200. The van der Waals surface area contributed by atoms with Crippen LogP contribution in [0.2, 0.25) is 0 Å². The molecule has 3 heterocycles. The molecule has 8 aromatic rings. The molecule has 0 bridgehead atoms. The van der Waals surface area contributed by atoms with E-state index in [0.29, 0.717) is 17.5 Å². The number of rotatable bonds is 4. The summed E-state index contributed by atoms with van der Waals surface area (Å²) in [6.45, 7) is 0. The first-order valence-electron chi connectivity index (χ1n) is 13.5. The number of fused-ring (bicyclic) bond motifs is 4. The van der Waals surface area contributed by atoms with Crippen molar-refractivity contribution >= 4 is 42.3 Å². The van der Waals surface area contributed by atoms with Crippen molar-refractivity contribution in [2.45, 2.75) is 0 Å². The van der Waals surface area contributed by atoms with Crippen LogP contribution in [-0.2, 0) is 0 Å². The Morgan fingerprint density at radius 2 is 1.15 bits per heavy atom. The Kier molecular flexibility index (Phi) is 5.61. The second kappa shape index (κ2) is 9.73. The van der Waals surface area contributed by atoms with Crippen LogP contribution in [0.15, 0.2) is 134 Å². The maximum Gasteiger partial charge on any atom is 0.164 e. The molecule has 0 unspecified atom stereocenters. The van der Waals surface area contributed by atoms with Crippen LogP contribution in [0.25, 0.3) is 76.2 Å². The Morgan fingerprint density at radius 3 is 2.02 bits per heavy atom. The van der Waals surface area contributed by atoms with Gasteiger partial charge in [-0.05, 0) is 40.8 Å². The summed E-state index contributed by atoms with van der Waals surface area (Å²) in [6.07, 6.45) is 3.69. The summed E-state index contributed by atoms with van der Waals surface area (Å²) in [5.74, 6) is 1.96. The van der Waals surface area contributed by atoms with Gasteiger partial charge in [-0.25, -0.2) is 15.0 Å². The maximum absolute atomic E-state index is 5.07. The van der Waals surface area contributed by atoms with Crippen LogP contribution >= 0.6 is 11.3 Å².